The van der Waals surface area contributed by atoms with E-state index in [2.05, 4.69) is 45.9 Å². The summed E-state index contributed by atoms with van der Waals surface area (Å²) in [6, 6.07) is 0. The molecular weight excluding hydrogens is 126 g/mol. The molecule has 9 heavy (non-hydrogen) atoms. The lowest BCUT2D eigenvalue weighted by Crippen LogP contribution is -2.49. The summed E-state index contributed by atoms with van der Waals surface area (Å²) in [7, 11) is 0.938. The molecule has 0 saturated heterocycles. The van der Waals surface area contributed by atoms with Crippen LogP contribution in [0, 0.1) is 0 Å². The SMILES string of the molecule is CN[Si](C)(C)C(C)(C)C. The van der Waals surface area contributed by atoms with Crippen LogP contribution in [0.3, 0.4) is 0 Å². The smallest absolute Gasteiger partial charge is 0.124 e. The van der Waals surface area contributed by atoms with Crippen molar-refractivity contribution in [3.8, 4) is 0 Å². The molecule has 0 aliphatic carbocycles. The molecule has 1 N–H and O–H groups in total. The number of hydrogen-bond donors (Lipinski definition) is 1. The summed E-state index contributed by atoms with van der Waals surface area (Å²) in [5.41, 5.74) is 0. The Balaban J connectivity index is 4.14. The Morgan fingerprint density at radius 2 is 1.44 bits per heavy atom. The van der Waals surface area contributed by atoms with Crippen molar-refractivity contribution >= 4 is 8.24 Å². The molecule has 1 nitrogen and oxygen atoms in total. The van der Waals surface area contributed by atoms with Crippen LogP contribution in [-0.4, -0.2) is 15.3 Å². The van der Waals surface area contributed by atoms with Crippen LogP contribution < -0.4 is 4.98 Å². The summed E-state index contributed by atoms with van der Waals surface area (Å²) < 4.78 is 0. The Bertz CT molecular complexity index is 91.6. The van der Waals surface area contributed by atoms with Crippen LogP contribution in [-0.2, 0) is 0 Å². The monoisotopic (exact) mass is 145 g/mol. The van der Waals surface area contributed by atoms with Gasteiger partial charge in [0.15, 0.2) is 0 Å². The van der Waals surface area contributed by atoms with Crippen molar-refractivity contribution in [1.82, 2.24) is 4.98 Å². The van der Waals surface area contributed by atoms with Crippen LogP contribution >= 0.6 is 0 Å². The Hall–Kier alpha value is 0.177. The van der Waals surface area contributed by atoms with Crippen molar-refractivity contribution in [2.45, 2.75) is 38.9 Å². The van der Waals surface area contributed by atoms with E-state index < -0.39 is 8.24 Å². The Morgan fingerprint density at radius 3 is 1.44 bits per heavy atom. The third kappa shape index (κ3) is 2.10. The van der Waals surface area contributed by atoms with Crippen LogP contribution in [0.1, 0.15) is 20.8 Å². The lowest BCUT2D eigenvalue weighted by Gasteiger charge is -2.35. The quantitative estimate of drug-likeness (QED) is 0.558. The number of rotatable bonds is 1. The standard InChI is InChI=1S/C7H19NSi/c1-7(2,3)9(5,6)8-4/h8H,1-6H3. The van der Waals surface area contributed by atoms with Gasteiger partial charge in [0.2, 0.25) is 0 Å². The van der Waals surface area contributed by atoms with E-state index in [0.29, 0.717) is 5.04 Å². The zero-order valence-electron chi connectivity index (χ0n) is 7.50. The molecule has 0 aliphatic heterocycles. The first kappa shape index (κ1) is 9.18. The average Bonchev–Trinajstić information content (AvgIpc) is 1.64. The number of hydrogen-bond acceptors (Lipinski definition) is 1. The maximum Gasteiger partial charge on any atom is 0.124 e. The van der Waals surface area contributed by atoms with Gasteiger partial charge in [-0.05, 0) is 12.1 Å². The molecule has 2 heteroatoms. The molecule has 56 valence electrons. The van der Waals surface area contributed by atoms with Crippen LogP contribution in [0.4, 0.5) is 0 Å². The van der Waals surface area contributed by atoms with E-state index in [1.54, 1.807) is 0 Å². The summed E-state index contributed by atoms with van der Waals surface area (Å²) in [6.07, 6.45) is 0. The fourth-order valence-electron chi connectivity index (χ4n) is 0.375. The first-order chi connectivity index (χ1) is 3.81. The zero-order valence-corrected chi connectivity index (χ0v) is 8.50. The largest absolute Gasteiger partial charge is 0.340 e. The maximum absolute atomic E-state index is 3.42. The fourth-order valence-corrected chi connectivity index (χ4v) is 1.12. The number of nitrogens with one attached hydrogen (secondary N) is 1. The van der Waals surface area contributed by atoms with E-state index in [-0.39, 0.29) is 0 Å². The average molecular weight is 145 g/mol. The fraction of sp³-hybridized carbons (Fsp3) is 1.00. The summed E-state index contributed by atoms with van der Waals surface area (Å²) in [4.78, 5) is 3.42. The van der Waals surface area contributed by atoms with Crippen molar-refractivity contribution in [1.29, 1.82) is 0 Å². The molecule has 0 aromatic heterocycles. The minimum atomic E-state index is -1.13. The predicted octanol–water partition coefficient (Wildman–Crippen LogP) is 2.21. The van der Waals surface area contributed by atoms with E-state index in [9.17, 15) is 0 Å². The van der Waals surface area contributed by atoms with Gasteiger partial charge in [-0.25, -0.2) is 0 Å². The van der Waals surface area contributed by atoms with Crippen LogP contribution in [0.2, 0.25) is 18.1 Å². The second-order valence-electron chi connectivity index (χ2n) is 4.12. The topological polar surface area (TPSA) is 12.0 Å². The van der Waals surface area contributed by atoms with Gasteiger partial charge < -0.3 is 4.98 Å². The molecule has 0 bridgehead atoms. The normalized spacial score (nSPS) is 14.0. The van der Waals surface area contributed by atoms with E-state index in [1.165, 1.54) is 0 Å². The van der Waals surface area contributed by atoms with Crippen molar-refractivity contribution in [3.63, 3.8) is 0 Å². The van der Waals surface area contributed by atoms with E-state index >= 15 is 0 Å². The van der Waals surface area contributed by atoms with Crippen LogP contribution in [0.25, 0.3) is 0 Å². The van der Waals surface area contributed by atoms with Gasteiger partial charge in [0.1, 0.15) is 8.24 Å². The molecule has 0 saturated carbocycles. The molecule has 0 atom stereocenters. The highest BCUT2D eigenvalue weighted by Crippen LogP contribution is 2.32. The van der Waals surface area contributed by atoms with Crippen molar-refractivity contribution in [2.24, 2.45) is 0 Å². The Kier molecular flexibility index (Phi) is 2.47. The third-order valence-corrected chi connectivity index (χ3v) is 7.50. The van der Waals surface area contributed by atoms with Gasteiger partial charge in [-0.3, -0.25) is 0 Å². The summed E-state index contributed by atoms with van der Waals surface area (Å²) in [5, 5.41) is 0.474. The van der Waals surface area contributed by atoms with Crippen LogP contribution in [0.5, 0.6) is 0 Å². The molecule has 0 heterocycles. The van der Waals surface area contributed by atoms with Gasteiger partial charge in [0.05, 0.1) is 0 Å². The first-order valence-corrected chi connectivity index (χ1v) is 6.50. The van der Waals surface area contributed by atoms with Gasteiger partial charge in [-0.2, -0.15) is 0 Å². The van der Waals surface area contributed by atoms with Gasteiger partial charge in [-0.15, -0.1) is 0 Å². The second-order valence-corrected chi connectivity index (χ2v) is 9.38. The first-order valence-electron chi connectivity index (χ1n) is 3.50. The van der Waals surface area contributed by atoms with Gasteiger partial charge >= 0.3 is 0 Å². The van der Waals surface area contributed by atoms with Crippen molar-refractivity contribution in [3.05, 3.63) is 0 Å². The van der Waals surface area contributed by atoms with Gasteiger partial charge in [0.25, 0.3) is 0 Å². The third-order valence-electron chi connectivity index (χ3n) is 2.50. The Labute approximate surface area is 59.9 Å². The van der Waals surface area contributed by atoms with Crippen molar-refractivity contribution < 1.29 is 0 Å². The van der Waals surface area contributed by atoms with Gasteiger partial charge in [-0.1, -0.05) is 33.9 Å². The molecule has 0 aromatic carbocycles. The second kappa shape index (κ2) is 2.43. The van der Waals surface area contributed by atoms with Crippen LogP contribution in [0.15, 0.2) is 0 Å². The zero-order chi connectivity index (χ0) is 7.71. The van der Waals surface area contributed by atoms with Crippen molar-refractivity contribution in [2.75, 3.05) is 7.05 Å². The summed E-state index contributed by atoms with van der Waals surface area (Å²) in [6.45, 7) is 11.6. The molecule has 0 unspecified atom stereocenters. The Morgan fingerprint density at radius 1 is 1.11 bits per heavy atom. The predicted molar refractivity (Wildman–Crippen MR) is 46.3 cm³/mol. The minimum Gasteiger partial charge on any atom is -0.340 e. The highest BCUT2D eigenvalue weighted by atomic mass is 28.3. The minimum absolute atomic E-state index is 0.474. The van der Waals surface area contributed by atoms with Gasteiger partial charge in [0, 0.05) is 0 Å². The lowest BCUT2D eigenvalue weighted by atomic mass is 10.2. The molecule has 0 aliphatic rings. The van der Waals surface area contributed by atoms with E-state index in [0.717, 1.165) is 0 Å². The summed E-state index contributed by atoms with van der Waals surface area (Å²) >= 11 is 0. The maximum atomic E-state index is 3.42. The molecule has 0 fully saturated rings. The molecule has 0 amide bonds. The highest BCUT2D eigenvalue weighted by molar-refractivity contribution is 6.77. The highest BCUT2D eigenvalue weighted by Gasteiger charge is 2.33. The summed E-state index contributed by atoms with van der Waals surface area (Å²) in [5.74, 6) is 0. The van der Waals surface area contributed by atoms with E-state index in [4.69, 9.17) is 0 Å². The molecule has 0 radical (unpaired) electrons. The molecule has 0 aromatic rings. The molecule has 0 spiro atoms. The molecule has 0 rings (SSSR count). The molecular formula is C7H19NSi. The van der Waals surface area contributed by atoms with E-state index in [1.807, 2.05) is 0 Å². The lowest BCUT2D eigenvalue weighted by molar-refractivity contribution is 0.701.